The lowest BCUT2D eigenvalue weighted by Crippen LogP contribution is -2.23. The zero-order valence-electron chi connectivity index (χ0n) is 20.6. The number of alkyl halides is 3. The summed E-state index contributed by atoms with van der Waals surface area (Å²) < 4.78 is 43.8. The SMILES string of the molecule is CC(=O)Nc1cc(Nc2ncc(C(F)(F)F)c(-c3cn(C)c4c(C)cccc34)n2)ccc1N1CCNC1. The maximum atomic E-state index is 14.0. The number of para-hydroxylation sites is 1. The predicted molar refractivity (Wildman–Crippen MR) is 138 cm³/mol. The molecule has 1 amide bonds. The Morgan fingerprint density at radius 3 is 2.70 bits per heavy atom. The molecule has 0 unspecified atom stereocenters. The van der Waals surface area contributed by atoms with Gasteiger partial charge in [0, 0.05) is 56.1 Å². The number of rotatable bonds is 5. The van der Waals surface area contributed by atoms with Gasteiger partial charge in [-0.2, -0.15) is 13.2 Å². The second-order valence-corrected chi connectivity index (χ2v) is 9.04. The molecule has 0 spiro atoms. The third-order valence-electron chi connectivity index (χ3n) is 6.32. The summed E-state index contributed by atoms with van der Waals surface area (Å²) in [4.78, 5) is 22.2. The molecule has 0 radical (unpaired) electrons. The van der Waals surface area contributed by atoms with Crippen molar-refractivity contribution >= 4 is 39.8 Å². The van der Waals surface area contributed by atoms with Gasteiger partial charge in [-0.3, -0.25) is 10.1 Å². The number of anilines is 4. The van der Waals surface area contributed by atoms with Crippen molar-refractivity contribution in [3.05, 3.63) is 59.9 Å². The summed E-state index contributed by atoms with van der Waals surface area (Å²) in [5.74, 6) is -0.220. The summed E-state index contributed by atoms with van der Waals surface area (Å²) in [6.45, 7) is 5.60. The van der Waals surface area contributed by atoms with Gasteiger partial charge in [0.05, 0.1) is 29.3 Å². The number of fused-ring (bicyclic) bond motifs is 1. The summed E-state index contributed by atoms with van der Waals surface area (Å²) in [7, 11) is 1.80. The number of carbonyl (C=O) groups is 1. The topological polar surface area (TPSA) is 87.1 Å². The molecule has 11 heteroatoms. The first-order valence-corrected chi connectivity index (χ1v) is 11.8. The number of hydrogen-bond donors (Lipinski definition) is 3. The van der Waals surface area contributed by atoms with Crippen LogP contribution in [0, 0.1) is 6.92 Å². The maximum absolute atomic E-state index is 14.0. The highest BCUT2D eigenvalue weighted by Crippen LogP contribution is 2.40. The molecule has 2 aromatic heterocycles. The third-order valence-corrected chi connectivity index (χ3v) is 6.32. The Morgan fingerprint density at radius 2 is 2.00 bits per heavy atom. The van der Waals surface area contributed by atoms with Gasteiger partial charge in [-0.15, -0.1) is 0 Å². The second-order valence-electron chi connectivity index (χ2n) is 9.04. The molecule has 4 aromatic rings. The zero-order chi connectivity index (χ0) is 26.3. The van der Waals surface area contributed by atoms with Crippen molar-refractivity contribution < 1.29 is 18.0 Å². The van der Waals surface area contributed by atoms with Gasteiger partial charge in [0.25, 0.3) is 0 Å². The highest BCUT2D eigenvalue weighted by Gasteiger charge is 2.36. The fraction of sp³-hybridized carbons (Fsp3) is 0.269. The van der Waals surface area contributed by atoms with E-state index in [0.29, 0.717) is 29.0 Å². The molecule has 0 atom stereocenters. The van der Waals surface area contributed by atoms with Crippen LogP contribution in [0.4, 0.5) is 36.2 Å². The van der Waals surface area contributed by atoms with Gasteiger partial charge < -0.3 is 20.1 Å². The van der Waals surface area contributed by atoms with Crippen LogP contribution >= 0.6 is 0 Å². The van der Waals surface area contributed by atoms with E-state index in [0.717, 1.165) is 36.1 Å². The van der Waals surface area contributed by atoms with Crippen LogP contribution in [0.15, 0.2) is 48.8 Å². The van der Waals surface area contributed by atoms with E-state index in [1.165, 1.54) is 6.92 Å². The maximum Gasteiger partial charge on any atom is 0.419 e. The fourth-order valence-corrected chi connectivity index (χ4v) is 4.74. The van der Waals surface area contributed by atoms with Gasteiger partial charge in [-0.25, -0.2) is 9.97 Å². The van der Waals surface area contributed by atoms with Crippen molar-refractivity contribution in [1.82, 2.24) is 19.9 Å². The number of nitrogens with zero attached hydrogens (tertiary/aromatic N) is 4. The molecule has 0 saturated carbocycles. The lowest BCUT2D eigenvalue weighted by Gasteiger charge is -2.21. The molecular weight excluding hydrogens is 483 g/mol. The Bertz CT molecular complexity index is 1490. The van der Waals surface area contributed by atoms with Gasteiger partial charge in [0.2, 0.25) is 11.9 Å². The van der Waals surface area contributed by atoms with Crippen LogP contribution in [0.2, 0.25) is 0 Å². The summed E-state index contributed by atoms with van der Waals surface area (Å²) in [6, 6.07) is 10.9. The average molecular weight is 510 g/mol. The van der Waals surface area contributed by atoms with Crippen LogP contribution in [-0.2, 0) is 18.0 Å². The molecule has 37 heavy (non-hydrogen) atoms. The minimum Gasteiger partial charge on any atom is -0.356 e. The molecule has 8 nitrogen and oxygen atoms in total. The van der Waals surface area contributed by atoms with E-state index in [1.54, 1.807) is 36.0 Å². The number of nitrogens with one attached hydrogen (secondary N) is 3. The summed E-state index contributed by atoms with van der Waals surface area (Å²) >= 11 is 0. The van der Waals surface area contributed by atoms with E-state index in [4.69, 9.17) is 0 Å². The Labute approximate surface area is 211 Å². The van der Waals surface area contributed by atoms with Crippen LogP contribution < -0.4 is 20.9 Å². The molecular formula is C26H26F3N7O. The minimum absolute atomic E-state index is 0.0111. The molecule has 2 aromatic carbocycles. The largest absolute Gasteiger partial charge is 0.419 e. The number of amides is 1. The van der Waals surface area contributed by atoms with Gasteiger partial charge in [-0.05, 0) is 30.7 Å². The van der Waals surface area contributed by atoms with E-state index in [2.05, 4.69) is 30.8 Å². The zero-order valence-corrected chi connectivity index (χ0v) is 20.6. The lowest BCUT2D eigenvalue weighted by molar-refractivity contribution is -0.137. The van der Waals surface area contributed by atoms with E-state index < -0.39 is 11.7 Å². The Hall–Kier alpha value is -4.12. The summed E-state index contributed by atoms with van der Waals surface area (Å²) in [5.41, 5.74) is 2.99. The minimum atomic E-state index is -4.64. The molecule has 3 N–H and O–H groups in total. The first-order chi connectivity index (χ1) is 17.6. The summed E-state index contributed by atoms with van der Waals surface area (Å²) in [6.07, 6.45) is -2.17. The van der Waals surface area contributed by atoms with E-state index in [1.807, 2.05) is 25.1 Å². The Balaban J connectivity index is 1.57. The van der Waals surface area contributed by atoms with Gasteiger partial charge >= 0.3 is 6.18 Å². The van der Waals surface area contributed by atoms with Gasteiger partial charge in [0.15, 0.2) is 0 Å². The standard InChI is InChI=1S/C26H26F3N7O/c1-15-5-4-6-18-19(13-35(3)24(15)18)23-20(26(27,28)29)12-31-25(34-23)33-17-7-8-22(36-10-9-30-14-36)21(11-17)32-16(2)37/h4-8,11-13,30H,9-10,14H2,1-3H3,(H,32,37)(H,31,33,34). The number of aromatic nitrogens is 3. The van der Waals surface area contributed by atoms with E-state index >= 15 is 0 Å². The van der Waals surface area contributed by atoms with Crippen LogP contribution in [-0.4, -0.2) is 40.2 Å². The molecule has 1 fully saturated rings. The van der Waals surface area contributed by atoms with Crippen LogP contribution in [0.3, 0.4) is 0 Å². The molecule has 0 aliphatic carbocycles. The number of aryl methyl sites for hydroxylation is 2. The first-order valence-electron chi connectivity index (χ1n) is 11.8. The van der Waals surface area contributed by atoms with Crippen LogP contribution in [0.5, 0.6) is 0 Å². The average Bonchev–Trinajstić information content (AvgIpc) is 3.47. The molecule has 1 aliphatic rings. The third kappa shape index (κ3) is 4.82. The normalized spacial score (nSPS) is 13.8. The fourth-order valence-electron chi connectivity index (χ4n) is 4.74. The number of halogens is 3. The summed E-state index contributed by atoms with van der Waals surface area (Å²) in [5, 5.41) is 9.76. The van der Waals surface area contributed by atoms with Crippen LogP contribution in [0.25, 0.3) is 22.2 Å². The molecule has 192 valence electrons. The van der Waals surface area contributed by atoms with Crippen molar-refractivity contribution in [2.24, 2.45) is 7.05 Å². The second kappa shape index (κ2) is 9.40. The lowest BCUT2D eigenvalue weighted by atomic mass is 10.0. The van der Waals surface area contributed by atoms with Gasteiger partial charge in [-0.1, -0.05) is 18.2 Å². The number of carbonyl (C=O) groups excluding carboxylic acids is 1. The van der Waals surface area contributed by atoms with Crippen molar-refractivity contribution in [2.45, 2.75) is 20.0 Å². The van der Waals surface area contributed by atoms with E-state index in [-0.39, 0.29) is 17.5 Å². The molecule has 1 saturated heterocycles. The Morgan fingerprint density at radius 1 is 1.19 bits per heavy atom. The van der Waals surface area contributed by atoms with Crippen molar-refractivity contribution in [3.8, 4) is 11.3 Å². The number of hydrogen-bond acceptors (Lipinski definition) is 6. The highest BCUT2D eigenvalue weighted by molar-refractivity contribution is 5.98. The quantitative estimate of drug-likeness (QED) is 0.350. The Kier molecular flexibility index (Phi) is 6.24. The van der Waals surface area contributed by atoms with Crippen LogP contribution in [0.1, 0.15) is 18.1 Å². The molecule has 5 rings (SSSR count). The smallest absolute Gasteiger partial charge is 0.356 e. The van der Waals surface area contributed by atoms with E-state index in [9.17, 15) is 18.0 Å². The van der Waals surface area contributed by atoms with Gasteiger partial charge in [0.1, 0.15) is 5.56 Å². The predicted octanol–water partition coefficient (Wildman–Crippen LogP) is 5.03. The molecule has 1 aliphatic heterocycles. The molecule has 0 bridgehead atoms. The number of benzene rings is 2. The highest BCUT2D eigenvalue weighted by atomic mass is 19.4. The van der Waals surface area contributed by atoms with Crippen molar-refractivity contribution in [1.29, 1.82) is 0 Å². The van der Waals surface area contributed by atoms with Crippen molar-refractivity contribution in [3.63, 3.8) is 0 Å². The van der Waals surface area contributed by atoms with Crippen molar-refractivity contribution in [2.75, 3.05) is 35.3 Å². The molecule has 3 heterocycles. The first kappa shape index (κ1) is 24.6. The monoisotopic (exact) mass is 509 g/mol.